The van der Waals surface area contributed by atoms with Crippen molar-refractivity contribution in [2.24, 2.45) is 5.92 Å². The predicted molar refractivity (Wildman–Crippen MR) is 83.8 cm³/mol. The zero-order valence-corrected chi connectivity index (χ0v) is 13.1. The normalized spacial score (nSPS) is 23.5. The van der Waals surface area contributed by atoms with E-state index in [0.29, 0.717) is 11.2 Å². The molecule has 1 amide bonds. The maximum atomic E-state index is 12.9. The summed E-state index contributed by atoms with van der Waals surface area (Å²) in [5, 5.41) is 0.447. The van der Waals surface area contributed by atoms with Crippen LogP contribution in [0.3, 0.4) is 0 Å². The van der Waals surface area contributed by atoms with E-state index in [1.807, 2.05) is 12.1 Å². The number of rotatable bonds is 3. The van der Waals surface area contributed by atoms with E-state index < -0.39 is 0 Å². The van der Waals surface area contributed by atoms with Crippen LogP contribution in [0.25, 0.3) is 0 Å². The molecule has 0 N–H and O–H groups in total. The van der Waals surface area contributed by atoms with Gasteiger partial charge in [0, 0.05) is 29.2 Å². The number of amides is 1. The summed E-state index contributed by atoms with van der Waals surface area (Å²) in [6.45, 7) is 1.73. The molecule has 0 bridgehead atoms. The average molecular weight is 307 g/mol. The molecule has 1 aromatic rings. The first kappa shape index (κ1) is 14.9. The molecule has 0 aromatic heterocycles. The van der Waals surface area contributed by atoms with Gasteiger partial charge in [-0.05, 0) is 43.5 Å². The summed E-state index contributed by atoms with van der Waals surface area (Å²) >= 11 is 1.77. The van der Waals surface area contributed by atoms with Crippen molar-refractivity contribution in [1.29, 1.82) is 0 Å². The summed E-state index contributed by atoms with van der Waals surface area (Å²) in [6.07, 6.45) is 6.89. The summed E-state index contributed by atoms with van der Waals surface area (Å²) in [4.78, 5) is 15.7. The van der Waals surface area contributed by atoms with Gasteiger partial charge < -0.3 is 4.90 Å². The molecule has 1 saturated heterocycles. The molecule has 2 nitrogen and oxygen atoms in total. The third-order valence-corrected chi connectivity index (χ3v) is 5.79. The molecule has 1 atom stereocenters. The largest absolute Gasteiger partial charge is 0.341 e. The average Bonchev–Trinajstić information content (AvgIpc) is 2.98. The molecular weight excluding hydrogens is 285 g/mol. The minimum absolute atomic E-state index is 0.195. The van der Waals surface area contributed by atoms with Crippen LogP contribution in [0.5, 0.6) is 0 Å². The first-order chi connectivity index (χ1) is 10.2. The molecule has 3 rings (SSSR count). The second-order valence-electron chi connectivity index (χ2n) is 6.10. The second-order valence-corrected chi connectivity index (χ2v) is 7.48. The Morgan fingerprint density at radius 2 is 1.81 bits per heavy atom. The van der Waals surface area contributed by atoms with Crippen LogP contribution in [-0.2, 0) is 4.79 Å². The minimum atomic E-state index is -0.195. The third kappa shape index (κ3) is 3.79. The van der Waals surface area contributed by atoms with Crippen LogP contribution >= 0.6 is 11.8 Å². The van der Waals surface area contributed by atoms with E-state index in [-0.39, 0.29) is 11.7 Å². The van der Waals surface area contributed by atoms with E-state index in [4.69, 9.17) is 0 Å². The Morgan fingerprint density at radius 1 is 1.10 bits per heavy atom. The molecule has 114 valence electrons. The highest BCUT2D eigenvalue weighted by Gasteiger charge is 2.31. The zero-order chi connectivity index (χ0) is 14.7. The third-order valence-electron chi connectivity index (χ3n) is 4.53. The van der Waals surface area contributed by atoms with Gasteiger partial charge in [-0.1, -0.05) is 19.3 Å². The smallest absolute Gasteiger partial charge is 0.225 e. The highest BCUT2D eigenvalue weighted by Crippen LogP contribution is 2.32. The quantitative estimate of drug-likeness (QED) is 0.838. The Hall–Kier alpha value is -1.03. The summed E-state index contributed by atoms with van der Waals surface area (Å²) in [5.41, 5.74) is 0. The van der Waals surface area contributed by atoms with Crippen molar-refractivity contribution >= 4 is 17.7 Å². The maximum absolute atomic E-state index is 12.9. The number of hydrogen-bond donors (Lipinski definition) is 0. The highest BCUT2D eigenvalue weighted by molar-refractivity contribution is 8.00. The number of likely N-dealkylation sites (tertiary alicyclic amines) is 1. The number of nitrogens with zero attached hydrogens (tertiary/aromatic N) is 1. The van der Waals surface area contributed by atoms with Crippen LogP contribution in [0.15, 0.2) is 29.2 Å². The SMILES string of the molecule is O=C(C1CCCCC1)N1CCC(Sc2ccc(F)cc2)C1. The van der Waals surface area contributed by atoms with Gasteiger partial charge in [-0.2, -0.15) is 0 Å². The molecule has 1 unspecified atom stereocenters. The highest BCUT2D eigenvalue weighted by atomic mass is 32.2. The van der Waals surface area contributed by atoms with Gasteiger partial charge in [-0.15, -0.1) is 11.8 Å². The lowest BCUT2D eigenvalue weighted by atomic mass is 9.88. The Labute approximate surface area is 130 Å². The van der Waals surface area contributed by atoms with E-state index in [2.05, 4.69) is 4.90 Å². The number of thioether (sulfide) groups is 1. The number of hydrogen-bond acceptors (Lipinski definition) is 2. The molecule has 1 aromatic carbocycles. The monoisotopic (exact) mass is 307 g/mol. The maximum Gasteiger partial charge on any atom is 0.225 e. The van der Waals surface area contributed by atoms with E-state index in [1.54, 1.807) is 11.8 Å². The Balaban J connectivity index is 1.52. The number of benzene rings is 1. The fourth-order valence-corrected chi connectivity index (χ4v) is 4.49. The fourth-order valence-electron chi connectivity index (χ4n) is 3.34. The topological polar surface area (TPSA) is 20.3 Å². The van der Waals surface area contributed by atoms with Gasteiger partial charge in [0.05, 0.1) is 0 Å². The van der Waals surface area contributed by atoms with Crippen LogP contribution in [0, 0.1) is 11.7 Å². The molecule has 21 heavy (non-hydrogen) atoms. The molecule has 1 aliphatic heterocycles. The van der Waals surface area contributed by atoms with Gasteiger partial charge in [0.15, 0.2) is 0 Å². The molecule has 1 aliphatic carbocycles. The minimum Gasteiger partial charge on any atom is -0.341 e. The summed E-state index contributed by atoms with van der Waals surface area (Å²) < 4.78 is 12.9. The van der Waals surface area contributed by atoms with Gasteiger partial charge in [0.1, 0.15) is 5.82 Å². The zero-order valence-electron chi connectivity index (χ0n) is 12.3. The van der Waals surface area contributed by atoms with Crippen molar-refractivity contribution in [2.45, 2.75) is 48.7 Å². The fraction of sp³-hybridized carbons (Fsp3) is 0.588. The van der Waals surface area contributed by atoms with Crippen molar-refractivity contribution in [3.8, 4) is 0 Å². The number of halogens is 1. The van der Waals surface area contributed by atoms with Crippen molar-refractivity contribution in [3.63, 3.8) is 0 Å². The lowest BCUT2D eigenvalue weighted by molar-refractivity contribution is -0.135. The van der Waals surface area contributed by atoms with Crippen LogP contribution in [0.1, 0.15) is 38.5 Å². The molecule has 0 radical (unpaired) electrons. The van der Waals surface area contributed by atoms with Crippen LogP contribution in [0.4, 0.5) is 4.39 Å². The van der Waals surface area contributed by atoms with E-state index >= 15 is 0 Å². The van der Waals surface area contributed by atoms with Crippen molar-refractivity contribution in [1.82, 2.24) is 4.90 Å². The first-order valence-electron chi connectivity index (χ1n) is 7.93. The van der Waals surface area contributed by atoms with Crippen molar-refractivity contribution < 1.29 is 9.18 Å². The van der Waals surface area contributed by atoms with E-state index in [1.165, 1.54) is 31.4 Å². The predicted octanol–water partition coefficient (Wildman–Crippen LogP) is 4.10. The second kappa shape index (κ2) is 6.82. The summed E-state index contributed by atoms with van der Waals surface area (Å²) in [7, 11) is 0. The lowest BCUT2D eigenvalue weighted by Crippen LogP contribution is -2.35. The van der Waals surface area contributed by atoms with Gasteiger partial charge in [-0.25, -0.2) is 4.39 Å². The number of carbonyl (C=O) groups is 1. The molecule has 1 saturated carbocycles. The molecule has 1 heterocycles. The Morgan fingerprint density at radius 3 is 2.52 bits per heavy atom. The molecular formula is C17H22FNOS. The standard InChI is InChI=1S/C17H22FNOS/c18-14-6-8-15(9-7-14)21-16-10-11-19(12-16)17(20)13-4-2-1-3-5-13/h6-9,13,16H,1-5,10-12H2. The Bertz CT molecular complexity index is 484. The molecule has 0 spiro atoms. The van der Waals surface area contributed by atoms with Crippen molar-refractivity contribution in [2.75, 3.05) is 13.1 Å². The van der Waals surface area contributed by atoms with E-state index in [0.717, 1.165) is 37.2 Å². The summed E-state index contributed by atoms with van der Waals surface area (Å²) in [5.74, 6) is 0.449. The van der Waals surface area contributed by atoms with Gasteiger partial charge in [0.2, 0.25) is 5.91 Å². The molecule has 4 heteroatoms. The van der Waals surface area contributed by atoms with Gasteiger partial charge in [-0.3, -0.25) is 4.79 Å². The Kier molecular flexibility index (Phi) is 4.84. The van der Waals surface area contributed by atoms with Crippen molar-refractivity contribution in [3.05, 3.63) is 30.1 Å². The van der Waals surface area contributed by atoms with Crippen LogP contribution < -0.4 is 0 Å². The van der Waals surface area contributed by atoms with E-state index in [9.17, 15) is 9.18 Å². The first-order valence-corrected chi connectivity index (χ1v) is 8.81. The lowest BCUT2D eigenvalue weighted by Gasteiger charge is -2.26. The molecule has 2 aliphatic rings. The van der Waals surface area contributed by atoms with Gasteiger partial charge >= 0.3 is 0 Å². The summed E-state index contributed by atoms with van der Waals surface area (Å²) in [6, 6.07) is 6.65. The number of carbonyl (C=O) groups excluding carboxylic acids is 1. The van der Waals surface area contributed by atoms with Gasteiger partial charge in [0.25, 0.3) is 0 Å². The van der Waals surface area contributed by atoms with Crippen LogP contribution in [0.2, 0.25) is 0 Å². The van der Waals surface area contributed by atoms with Crippen LogP contribution in [-0.4, -0.2) is 29.1 Å². The molecule has 2 fully saturated rings.